The van der Waals surface area contributed by atoms with Gasteiger partial charge < -0.3 is 5.73 Å². The Hall–Kier alpha value is -0.600. The molecule has 2 nitrogen and oxygen atoms in total. The average molecular weight is 213 g/mol. The van der Waals surface area contributed by atoms with E-state index in [1.54, 1.807) is 12.4 Å². The van der Waals surface area contributed by atoms with Gasteiger partial charge in [-0.25, -0.2) is 0 Å². The summed E-state index contributed by atoms with van der Waals surface area (Å²) in [5.41, 5.74) is 7.12. The molecule has 78 valence electrons. The molecular formula is C11H17ClN2. The second kappa shape index (κ2) is 4.76. The fourth-order valence-corrected chi connectivity index (χ4v) is 1.51. The molecule has 2 atom stereocenters. The van der Waals surface area contributed by atoms with Gasteiger partial charge in [-0.3, -0.25) is 4.98 Å². The lowest BCUT2D eigenvalue weighted by Crippen LogP contribution is -2.23. The lowest BCUT2D eigenvalue weighted by Gasteiger charge is -2.23. The first-order valence-corrected chi connectivity index (χ1v) is 5.26. The third-order valence-electron chi connectivity index (χ3n) is 2.73. The smallest absolute Gasteiger partial charge is 0.0592 e. The summed E-state index contributed by atoms with van der Waals surface area (Å²) in [6.07, 6.45) is 3.41. The molecule has 2 unspecified atom stereocenters. The summed E-state index contributed by atoms with van der Waals surface area (Å²) in [7, 11) is 0. The minimum Gasteiger partial charge on any atom is -0.324 e. The molecule has 0 aliphatic heterocycles. The van der Waals surface area contributed by atoms with Gasteiger partial charge in [-0.2, -0.15) is 0 Å². The highest BCUT2D eigenvalue weighted by atomic mass is 35.5. The largest absolute Gasteiger partial charge is 0.324 e. The van der Waals surface area contributed by atoms with Crippen LogP contribution in [-0.2, 0) is 0 Å². The van der Waals surface area contributed by atoms with E-state index in [1.807, 2.05) is 6.07 Å². The van der Waals surface area contributed by atoms with Gasteiger partial charge in [0, 0.05) is 18.4 Å². The van der Waals surface area contributed by atoms with Crippen molar-refractivity contribution in [2.24, 2.45) is 17.6 Å². The zero-order chi connectivity index (χ0) is 10.7. The highest BCUT2D eigenvalue weighted by molar-refractivity contribution is 6.30. The van der Waals surface area contributed by atoms with Crippen LogP contribution < -0.4 is 5.73 Å². The predicted octanol–water partition coefficient (Wildman–Crippen LogP) is 3.03. The highest BCUT2D eigenvalue weighted by Gasteiger charge is 2.18. The number of hydrogen-bond acceptors (Lipinski definition) is 2. The van der Waals surface area contributed by atoms with E-state index in [9.17, 15) is 0 Å². The van der Waals surface area contributed by atoms with Crippen molar-refractivity contribution >= 4 is 11.6 Å². The molecule has 0 radical (unpaired) electrons. The summed E-state index contributed by atoms with van der Waals surface area (Å²) in [6.45, 7) is 6.49. The fourth-order valence-electron chi connectivity index (χ4n) is 1.33. The molecule has 0 aromatic carbocycles. The molecule has 0 saturated heterocycles. The Morgan fingerprint density at radius 3 is 2.43 bits per heavy atom. The third kappa shape index (κ3) is 2.69. The van der Waals surface area contributed by atoms with Gasteiger partial charge in [-0.05, 0) is 23.5 Å². The van der Waals surface area contributed by atoms with Crippen LogP contribution in [0, 0.1) is 11.8 Å². The maximum atomic E-state index is 6.11. The van der Waals surface area contributed by atoms with Crippen molar-refractivity contribution in [3.63, 3.8) is 0 Å². The van der Waals surface area contributed by atoms with E-state index >= 15 is 0 Å². The van der Waals surface area contributed by atoms with Crippen LogP contribution in [0.15, 0.2) is 18.5 Å². The average Bonchev–Trinajstić information content (AvgIpc) is 2.15. The number of rotatable bonds is 3. The van der Waals surface area contributed by atoms with Crippen LogP contribution in [0.2, 0.25) is 5.02 Å². The second-order valence-corrected chi connectivity index (χ2v) is 4.50. The molecule has 1 aromatic rings. The van der Waals surface area contributed by atoms with Crippen molar-refractivity contribution in [3.8, 4) is 0 Å². The molecule has 0 saturated carbocycles. The van der Waals surface area contributed by atoms with E-state index in [-0.39, 0.29) is 6.04 Å². The third-order valence-corrected chi connectivity index (χ3v) is 2.94. The van der Waals surface area contributed by atoms with Crippen LogP contribution in [0.5, 0.6) is 0 Å². The quantitative estimate of drug-likeness (QED) is 0.837. The molecule has 3 heteroatoms. The van der Waals surface area contributed by atoms with E-state index in [0.29, 0.717) is 16.9 Å². The molecule has 14 heavy (non-hydrogen) atoms. The van der Waals surface area contributed by atoms with Gasteiger partial charge in [0.25, 0.3) is 0 Å². The minimum absolute atomic E-state index is 0.0150. The lowest BCUT2D eigenvalue weighted by molar-refractivity contribution is 0.352. The van der Waals surface area contributed by atoms with E-state index in [0.717, 1.165) is 5.56 Å². The standard InChI is InChI=1S/C11H17ClN2/c1-7(2)8(3)11(13)9-4-10(12)6-14-5-9/h4-8,11H,13H2,1-3H3. The maximum Gasteiger partial charge on any atom is 0.0592 e. The summed E-state index contributed by atoms with van der Waals surface area (Å²) >= 11 is 5.86. The Balaban J connectivity index is 2.83. The first-order chi connectivity index (χ1) is 6.52. The number of pyridine rings is 1. The summed E-state index contributed by atoms with van der Waals surface area (Å²) in [5, 5.41) is 0.647. The topological polar surface area (TPSA) is 38.9 Å². The second-order valence-electron chi connectivity index (χ2n) is 4.07. The number of nitrogens with zero attached hydrogens (tertiary/aromatic N) is 1. The van der Waals surface area contributed by atoms with E-state index in [2.05, 4.69) is 25.8 Å². The van der Waals surface area contributed by atoms with Crippen molar-refractivity contribution in [2.75, 3.05) is 0 Å². The van der Waals surface area contributed by atoms with Crippen LogP contribution in [0.1, 0.15) is 32.4 Å². The summed E-state index contributed by atoms with van der Waals surface area (Å²) in [5.74, 6) is 0.985. The van der Waals surface area contributed by atoms with Crippen LogP contribution >= 0.6 is 11.6 Å². The monoisotopic (exact) mass is 212 g/mol. The molecule has 1 aromatic heterocycles. The van der Waals surface area contributed by atoms with Gasteiger partial charge in [0.15, 0.2) is 0 Å². The van der Waals surface area contributed by atoms with E-state index < -0.39 is 0 Å². The van der Waals surface area contributed by atoms with E-state index in [4.69, 9.17) is 17.3 Å². The van der Waals surface area contributed by atoms with Crippen molar-refractivity contribution < 1.29 is 0 Å². The Kier molecular flexibility index (Phi) is 3.90. The normalized spacial score (nSPS) is 15.6. The van der Waals surface area contributed by atoms with Crippen molar-refractivity contribution in [1.82, 2.24) is 4.98 Å². The Morgan fingerprint density at radius 1 is 1.29 bits per heavy atom. The van der Waals surface area contributed by atoms with Gasteiger partial charge in [0.05, 0.1) is 5.02 Å². The van der Waals surface area contributed by atoms with Crippen molar-refractivity contribution in [1.29, 1.82) is 0 Å². The van der Waals surface area contributed by atoms with Crippen LogP contribution in [0.25, 0.3) is 0 Å². The Morgan fingerprint density at radius 2 is 1.93 bits per heavy atom. The van der Waals surface area contributed by atoms with Gasteiger partial charge in [-0.15, -0.1) is 0 Å². The first-order valence-electron chi connectivity index (χ1n) is 4.88. The minimum atomic E-state index is 0.0150. The van der Waals surface area contributed by atoms with Crippen LogP contribution in [-0.4, -0.2) is 4.98 Å². The van der Waals surface area contributed by atoms with Crippen molar-refractivity contribution in [3.05, 3.63) is 29.0 Å². The van der Waals surface area contributed by atoms with Gasteiger partial charge in [0.1, 0.15) is 0 Å². The molecular weight excluding hydrogens is 196 g/mol. The predicted molar refractivity (Wildman–Crippen MR) is 60.2 cm³/mol. The molecule has 1 heterocycles. The van der Waals surface area contributed by atoms with Gasteiger partial charge >= 0.3 is 0 Å². The van der Waals surface area contributed by atoms with Gasteiger partial charge in [0.2, 0.25) is 0 Å². The number of halogens is 1. The Bertz CT molecular complexity index is 299. The lowest BCUT2D eigenvalue weighted by atomic mass is 9.87. The zero-order valence-corrected chi connectivity index (χ0v) is 9.62. The molecule has 0 fully saturated rings. The molecule has 2 N–H and O–H groups in total. The zero-order valence-electron chi connectivity index (χ0n) is 8.87. The number of hydrogen-bond donors (Lipinski definition) is 1. The highest BCUT2D eigenvalue weighted by Crippen LogP contribution is 2.26. The first kappa shape index (κ1) is 11.5. The fraction of sp³-hybridized carbons (Fsp3) is 0.545. The molecule has 0 aliphatic carbocycles. The summed E-state index contributed by atoms with van der Waals surface area (Å²) in [4.78, 5) is 4.04. The van der Waals surface area contributed by atoms with Crippen LogP contribution in [0.3, 0.4) is 0 Å². The van der Waals surface area contributed by atoms with Crippen molar-refractivity contribution in [2.45, 2.75) is 26.8 Å². The summed E-state index contributed by atoms with van der Waals surface area (Å²) < 4.78 is 0. The molecule has 0 aliphatic rings. The van der Waals surface area contributed by atoms with Gasteiger partial charge in [-0.1, -0.05) is 32.4 Å². The molecule has 0 amide bonds. The van der Waals surface area contributed by atoms with Crippen LogP contribution in [0.4, 0.5) is 0 Å². The SMILES string of the molecule is CC(C)C(C)C(N)c1cncc(Cl)c1. The molecule has 0 bridgehead atoms. The maximum absolute atomic E-state index is 6.11. The summed E-state index contributed by atoms with van der Waals surface area (Å²) in [6, 6.07) is 1.90. The Labute approximate surface area is 90.5 Å². The number of nitrogens with two attached hydrogens (primary N) is 1. The number of aromatic nitrogens is 1. The molecule has 0 spiro atoms. The van der Waals surface area contributed by atoms with E-state index in [1.165, 1.54) is 0 Å². The molecule has 1 rings (SSSR count).